The SMILES string of the molecule is CC(C)c1c2n(c3ccccc3c1=O)C2. The molecule has 15 heavy (non-hydrogen) atoms. The van der Waals surface area contributed by atoms with Crippen LogP contribution in [-0.2, 0) is 6.54 Å². The number of pyridine rings is 1. The van der Waals surface area contributed by atoms with Crippen LogP contribution in [0, 0.1) is 0 Å². The van der Waals surface area contributed by atoms with Crippen molar-refractivity contribution in [3.05, 3.63) is 45.7 Å². The minimum absolute atomic E-state index is 0.226. The Morgan fingerprint density at radius 1 is 1.27 bits per heavy atom. The summed E-state index contributed by atoms with van der Waals surface area (Å²) in [5.74, 6) is 0.325. The molecule has 0 bridgehead atoms. The first-order valence-corrected chi connectivity index (χ1v) is 5.34. The zero-order chi connectivity index (χ0) is 10.6. The Labute approximate surface area is 88.2 Å². The van der Waals surface area contributed by atoms with Crippen molar-refractivity contribution in [3.8, 4) is 0 Å². The minimum atomic E-state index is 0.226. The average Bonchev–Trinajstić information content (AvgIpc) is 2.97. The van der Waals surface area contributed by atoms with Crippen LogP contribution in [0.2, 0.25) is 0 Å². The topological polar surface area (TPSA) is 22.0 Å². The van der Waals surface area contributed by atoms with E-state index < -0.39 is 0 Å². The van der Waals surface area contributed by atoms with E-state index in [0.29, 0.717) is 5.92 Å². The Morgan fingerprint density at radius 2 is 2.00 bits per heavy atom. The first-order chi connectivity index (χ1) is 7.20. The van der Waals surface area contributed by atoms with E-state index in [1.54, 1.807) is 0 Å². The van der Waals surface area contributed by atoms with Crippen molar-refractivity contribution in [2.75, 3.05) is 0 Å². The van der Waals surface area contributed by atoms with E-state index in [1.165, 1.54) is 5.69 Å². The van der Waals surface area contributed by atoms with E-state index in [2.05, 4.69) is 18.4 Å². The molecule has 0 saturated carbocycles. The molecular weight excluding hydrogens is 186 g/mol. The third kappa shape index (κ3) is 1.08. The van der Waals surface area contributed by atoms with Gasteiger partial charge in [-0.1, -0.05) is 26.0 Å². The number of fused-ring (bicyclic) bond motifs is 3. The highest BCUT2D eigenvalue weighted by molar-refractivity contribution is 5.82. The summed E-state index contributed by atoms with van der Waals surface area (Å²) < 4.78 is 2.23. The van der Waals surface area contributed by atoms with E-state index in [9.17, 15) is 4.79 Å². The molecule has 0 unspecified atom stereocenters. The number of hydrogen-bond donors (Lipinski definition) is 0. The van der Waals surface area contributed by atoms with Crippen LogP contribution in [0.15, 0.2) is 29.1 Å². The van der Waals surface area contributed by atoms with Crippen LogP contribution in [-0.4, -0.2) is 4.57 Å². The predicted molar refractivity (Wildman–Crippen MR) is 61.4 cm³/mol. The van der Waals surface area contributed by atoms with Gasteiger partial charge in [-0.3, -0.25) is 4.79 Å². The molecule has 3 rings (SSSR count). The molecule has 2 aromatic rings. The van der Waals surface area contributed by atoms with E-state index in [4.69, 9.17) is 0 Å². The normalized spacial score (nSPS) is 13.3. The van der Waals surface area contributed by atoms with Gasteiger partial charge in [-0.05, 0) is 18.1 Å². The lowest BCUT2D eigenvalue weighted by Crippen LogP contribution is -2.11. The second-order valence-corrected chi connectivity index (χ2v) is 4.45. The molecule has 1 aromatic carbocycles. The summed E-state index contributed by atoms with van der Waals surface area (Å²) in [5, 5.41) is 0.863. The van der Waals surface area contributed by atoms with Gasteiger partial charge in [0.25, 0.3) is 0 Å². The average molecular weight is 199 g/mol. The maximum atomic E-state index is 12.2. The summed E-state index contributed by atoms with van der Waals surface area (Å²) in [6.07, 6.45) is 0. The van der Waals surface area contributed by atoms with Gasteiger partial charge in [-0.25, -0.2) is 0 Å². The summed E-state index contributed by atoms with van der Waals surface area (Å²) >= 11 is 0. The number of hydrogen-bond acceptors (Lipinski definition) is 1. The number of nitrogens with zero attached hydrogens (tertiary/aromatic N) is 1. The third-order valence-electron chi connectivity index (χ3n) is 3.10. The molecule has 0 fully saturated rings. The Balaban J connectivity index is 2.49. The van der Waals surface area contributed by atoms with E-state index in [1.807, 2.05) is 24.3 Å². The van der Waals surface area contributed by atoms with Crippen molar-refractivity contribution >= 4 is 10.9 Å². The van der Waals surface area contributed by atoms with Gasteiger partial charge in [-0.15, -0.1) is 0 Å². The molecule has 1 aliphatic heterocycles. The lowest BCUT2D eigenvalue weighted by atomic mass is 10.0. The summed E-state index contributed by atoms with van der Waals surface area (Å²) in [7, 11) is 0. The van der Waals surface area contributed by atoms with Gasteiger partial charge in [0.15, 0.2) is 5.43 Å². The van der Waals surface area contributed by atoms with E-state index >= 15 is 0 Å². The first-order valence-electron chi connectivity index (χ1n) is 5.34. The number of benzene rings is 1. The monoisotopic (exact) mass is 199 g/mol. The molecule has 0 amide bonds. The molecule has 0 atom stereocenters. The molecule has 0 radical (unpaired) electrons. The zero-order valence-corrected chi connectivity index (χ0v) is 8.95. The number of rotatable bonds is 1. The van der Waals surface area contributed by atoms with E-state index in [-0.39, 0.29) is 5.43 Å². The largest absolute Gasteiger partial charge is 0.336 e. The summed E-state index contributed by atoms with van der Waals surface area (Å²) in [4.78, 5) is 12.2. The molecule has 0 aliphatic carbocycles. The van der Waals surface area contributed by atoms with Crippen molar-refractivity contribution in [1.29, 1.82) is 0 Å². The van der Waals surface area contributed by atoms with Gasteiger partial charge >= 0.3 is 0 Å². The molecule has 0 saturated heterocycles. The molecule has 2 nitrogen and oxygen atoms in total. The smallest absolute Gasteiger partial charge is 0.193 e. The lowest BCUT2D eigenvalue weighted by molar-refractivity contribution is 0.855. The maximum absolute atomic E-state index is 12.2. The van der Waals surface area contributed by atoms with Gasteiger partial charge in [0.05, 0.1) is 12.1 Å². The second kappa shape index (κ2) is 2.72. The lowest BCUT2D eigenvalue weighted by Gasteiger charge is -2.04. The summed E-state index contributed by atoms with van der Waals surface area (Å²) in [6.45, 7) is 5.12. The summed E-state index contributed by atoms with van der Waals surface area (Å²) in [6, 6.07) is 7.87. The zero-order valence-electron chi connectivity index (χ0n) is 8.95. The van der Waals surface area contributed by atoms with Crippen LogP contribution in [0.3, 0.4) is 0 Å². The Bertz CT molecular complexity index is 608. The van der Waals surface area contributed by atoms with Crippen LogP contribution in [0.4, 0.5) is 0 Å². The molecule has 2 heterocycles. The van der Waals surface area contributed by atoms with Gasteiger partial charge in [0.1, 0.15) is 0 Å². The fourth-order valence-corrected chi connectivity index (χ4v) is 2.35. The molecule has 0 spiro atoms. The van der Waals surface area contributed by atoms with Gasteiger partial charge < -0.3 is 4.57 Å². The van der Waals surface area contributed by atoms with Crippen molar-refractivity contribution in [2.45, 2.75) is 26.3 Å². The van der Waals surface area contributed by atoms with Crippen LogP contribution in [0.5, 0.6) is 0 Å². The Hall–Kier alpha value is -1.57. The highest BCUT2D eigenvalue weighted by Gasteiger charge is 2.26. The van der Waals surface area contributed by atoms with Crippen molar-refractivity contribution < 1.29 is 0 Å². The fraction of sp³-hybridized carbons (Fsp3) is 0.308. The predicted octanol–water partition coefficient (Wildman–Crippen LogP) is 2.49. The van der Waals surface area contributed by atoms with E-state index in [0.717, 1.165) is 23.0 Å². The highest BCUT2D eigenvalue weighted by Crippen LogP contribution is 2.30. The first kappa shape index (κ1) is 8.72. The quantitative estimate of drug-likeness (QED) is 0.590. The molecule has 76 valence electrons. The standard InChI is InChI=1S/C13H13NO/c1-8(2)12-11-7-14(11)10-6-4-3-5-9(10)13(12)15/h3-6,8H,7H2,1-2H3. The Morgan fingerprint density at radius 3 is 2.73 bits per heavy atom. The fourth-order valence-electron chi connectivity index (χ4n) is 2.35. The summed E-state index contributed by atoms with van der Waals surface area (Å²) in [5.41, 5.74) is 3.55. The van der Waals surface area contributed by atoms with Crippen LogP contribution < -0.4 is 5.43 Å². The highest BCUT2D eigenvalue weighted by atomic mass is 16.1. The van der Waals surface area contributed by atoms with Crippen LogP contribution in [0.1, 0.15) is 31.0 Å². The van der Waals surface area contributed by atoms with Crippen molar-refractivity contribution in [3.63, 3.8) is 0 Å². The molecular formula is C13H13NO. The minimum Gasteiger partial charge on any atom is -0.336 e. The van der Waals surface area contributed by atoms with Crippen LogP contribution >= 0.6 is 0 Å². The molecule has 2 heteroatoms. The van der Waals surface area contributed by atoms with Crippen molar-refractivity contribution in [2.24, 2.45) is 0 Å². The Kier molecular flexibility index (Phi) is 1.58. The van der Waals surface area contributed by atoms with Crippen LogP contribution in [0.25, 0.3) is 10.9 Å². The molecule has 1 aliphatic rings. The maximum Gasteiger partial charge on any atom is 0.193 e. The molecule has 0 N–H and O–H groups in total. The number of aromatic nitrogens is 1. The van der Waals surface area contributed by atoms with Gasteiger partial charge in [-0.2, -0.15) is 0 Å². The number of para-hydroxylation sites is 1. The van der Waals surface area contributed by atoms with Crippen molar-refractivity contribution in [1.82, 2.24) is 4.57 Å². The van der Waals surface area contributed by atoms with Gasteiger partial charge in [0, 0.05) is 16.6 Å². The molecule has 1 aromatic heterocycles. The second-order valence-electron chi connectivity index (χ2n) is 4.45. The van der Waals surface area contributed by atoms with Gasteiger partial charge in [0.2, 0.25) is 0 Å². The third-order valence-corrected chi connectivity index (χ3v) is 3.10.